The fraction of sp³-hybridized carbons (Fsp3) is 0.647. The highest BCUT2D eigenvalue weighted by atomic mass is 16.5. The number of piperidine rings is 1. The minimum Gasteiger partial charge on any atom is -0.472 e. The molecule has 120 valence electrons. The minimum absolute atomic E-state index is 0.0839. The molecule has 2 saturated heterocycles. The number of carbonyl (C=O) groups is 1. The van der Waals surface area contributed by atoms with Crippen molar-refractivity contribution in [2.75, 3.05) is 19.8 Å². The van der Waals surface area contributed by atoms with Crippen LogP contribution in [-0.2, 0) is 4.74 Å². The first-order valence-corrected chi connectivity index (χ1v) is 8.29. The van der Waals surface area contributed by atoms with Gasteiger partial charge < -0.3 is 14.4 Å². The molecule has 2 atom stereocenters. The molecule has 1 aromatic rings. The zero-order valence-corrected chi connectivity index (χ0v) is 13.2. The Morgan fingerprint density at radius 1 is 1.41 bits per heavy atom. The number of likely N-dealkylation sites (tertiary alicyclic amines) is 1. The van der Waals surface area contributed by atoms with Crippen molar-refractivity contribution in [1.29, 1.82) is 0 Å². The lowest BCUT2D eigenvalue weighted by atomic mass is 9.99. The third-order valence-electron chi connectivity index (χ3n) is 4.52. The van der Waals surface area contributed by atoms with Crippen LogP contribution in [0.3, 0.4) is 0 Å². The first-order valence-electron chi connectivity index (χ1n) is 8.29. The largest absolute Gasteiger partial charge is 0.472 e. The monoisotopic (exact) mass is 304 g/mol. The Morgan fingerprint density at radius 2 is 2.32 bits per heavy atom. The quantitative estimate of drug-likeness (QED) is 0.858. The van der Waals surface area contributed by atoms with Crippen LogP contribution in [0.25, 0.3) is 0 Å². The predicted octanol–water partition coefficient (Wildman–Crippen LogP) is 2.65. The van der Waals surface area contributed by atoms with Gasteiger partial charge in [-0.2, -0.15) is 0 Å². The van der Waals surface area contributed by atoms with Crippen LogP contribution >= 0.6 is 0 Å². The summed E-state index contributed by atoms with van der Waals surface area (Å²) in [5.41, 5.74) is 0.648. The van der Waals surface area contributed by atoms with Crippen LogP contribution in [0.4, 0.5) is 0 Å². The summed E-state index contributed by atoms with van der Waals surface area (Å²) in [7, 11) is 0. The molecule has 0 aromatic carbocycles. The average Bonchev–Trinajstić information content (AvgIpc) is 3.08. The van der Waals surface area contributed by atoms with Gasteiger partial charge in [0.15, 0.2) is 0 Å². The van der Waals surface area contributed by atoms with E-state index in [4.69, 9.17) is 9.47 Å². The van der Waals surface area contributed by atoms with Gasteiger partial charge in [0.1, 0.15) is 6.10 Å². The second-order valence-corrected chi connectivity index (χ2v) is 6.04. The zero-order valence-electron chi connectivity index (χ0n) is 13.2. The average molecular weight is 304 g/mol. The summed E-state index contributed by atoms with van der Waals surface area (Å²) in [5, 5.41) is 0. The third-order valence-corrected chi connectivity index (χ3v) is 4.52. The van der Waals surface area contributed by atoms with Crippen LogP contribution in [0.5, 0.6) is 5.88 Å². The van der Waals surface area contributed by atoms with E-state index in [0.29, 0.717) is 24.1 Å². The van der Waals surface area contributed by atoms with Crippen LogP contribution < -0.4 is 4.74 Å². The van der Waals surface area contributed by atoms with Crippen LogP contribution in [0.15, 0.2) is 18.3 Å². The molecule has 0 N–H and O–H groups in total. The van der Waals surface area contributed by atoms with Crippen LogP contribution in [0.2, 0.25) is 0 Å². The SMILES string of the molecule is CCC1CCCCN1C(=O)c1ccc(OC2CCOC2)nc1. The van der Waals surface area contributed by atoms with Crippen molar-refractivity contribution >= 4 is 5.91 Å². The number of nitrogens with zero attached hydrogens (tertiary/aromatic N) is 2. The first kappa shape index (κ1) is 15.3. The Labute approximate surface area is 131 Å². The van der Waals surface area contributed by atoms with Crippen LogP contribution in [0.1, 0.15) is 49.4 Å². The van der Waals surface area contributed by atoms with E-state index in [1.807, 2.05) is 11.0 Å². The van der Waals surface area contributed by atoms with Crippen molar-refractivity contribution in [2.45, 2.75) is 51.2 Å². The smallest absolute Gasteiger partial charge is 0.255 e. The Balaban J connectivity index is 1.64. The van der Waals surface area contributed by atoms with Crippen molar-refractivity contribution in [3.8, 4) is 5.88 Å². The van der Waals surface area contributed by atoms with Crippen molar-refractivity contribution < 1.29 is 14.3 Å². The third kappa shape index (κ3) is 3.40. The van der Waals surface area contributed by atoms with E-state index in [2.05, 4.69) is 11.9 Å². The molecular weight excluding hydrogens is 280 g/mol. The van der Waals surface area contributed by atoms with Crippen molar-refractivity contribution in [2.24, 2.45) is 0 Å². The number of amides is 1. The summed E-state index contributed by atoms with van der Waals surface area (Å²) in [6.45, 7) is 4.37. The molecule has 2 aliphatic heterocycles. The van der Waals surface area contributed by atoms with Gasteiger partial charge in [0.2, 0.25) is 5.88 Å². The van der Waals surface area contributed by atoms with Gasteiger partial charge in [-0.25, -0.2) is 4.98 Å². The molecular formula is C17H24N2O3. The molecule has 3 heterocycles. The molecule has 3 rings (SSSR count). The molecule has 2 unspecified atom stereocenters. The summed E-state index contributed by atoms with van der Waals surface area (Å²) in [6, 6.07) is 3.98. The lowest BCUT2D eigenvalue weighted by Gasteiger charge is -2.35. The Morgan fingerprint density at radius 3 is 3.00 bits per heavy atom. The minimum atomic E-state index is 0.0839. The highest BCUT2D eigenvalue weighted by Gasteiger charge is 2.26. The summed E-state index contributed by atoms with van der Waals surface area (Å²) >= 11 is 0. The molecule has 0 spiro atoms. The maximum Gasteiger partial charge on any atom is 0.255 e. The topological polar surface area (TPSA) is 51.7 Å². The molecule has 1 aromatic heterocycles. The van der Waals surface area contributed by atoms with Crippen molar-refractivity contribution in [3.63, 3.8) is 0 Å². The van der Waals surface area contributed by atoms with Crippen molar-refractivity contribution in [1.82, 2.24) is 9.88 Å². The molecule has 0 bridgehead atoms. The fourth-order valence-electron chi connectivity index (χ4n) is 3.21. The van der Waals surface area contributed by atoms with Gasteiger partial charge in [0, 0.05) is 31.3 Å². The van der Waals surface area contributed by atoms with Gasteiger partial charge in [0.25, 0.3) is 5.91 Å². The standard InChI is InChI=1S/C17H24N2O3/c1-2-14-5-3-4-9-19(14)17(20)13-6-7-16(18-11-13)22-15-8-10-21-12-15/h6-7,11,14-15H,2-5,8-10,12H2,1H3. The first-order chi connectivity index (χ1) is 10.8. The molecule has 1 amide bonds. The Hall–Kier alpha value is -1.62. The van der Waals surface area contributed by atoms with E-state index in [1.54, 1.807) is 12.3 Å². The van der Waals surface area contributed by atoms with E-state index in [1.165, 1.54) is 6.42 Å². The summed E-state index contributed by atoms with van der Waals surface area (Å²) < 4.78 is 11.0. The molecule has 0 radical (unpaired) electrons. The normalized spacial score (nSPS) is 25.2. The van der Waals surface area contributed by atoms with Gasteiger partial charge in [-0.1, -0.05) is 6.92 Å². The second kappa shape index (κ2) is 7.09. The Bertz CT molecular complexity index is 497. The molecule has 0 saturated carbocycles. The molecule has 2 fully saturated rings. The van der Waals surface area contributed by atoms with Gasteiger partial charge >= 0.3 is 0 Å². The highest BCUT2D eigenvalue weighted by molar-refractivity contribution is 5.94. The van der Waals surface area contributed by atoms with Crippen LogP contribution in [-0.4, -0.2) is 47.7 Å². The van der Waals surface area contributed by atoms with Gasteiger partial charge in [-0.05, 0) is 31.7 Å². The summed E-state index contributed by atoms with van der Waals surface area (Å²) in [4.78, 5) is 18.9. The number of ether oxygens (including phenoxy) is 2. The number of hydrogen-bond donors (Lipinski definition) is 0. The number of hydrogen-bond acceptors (Lipinski definition) is 4. The number of pyridine rings is 1. The molecule has 5 nitrogen and oxygen atoms in total. The van der Waals surface area contributed by atoms with Gasteiger partial charge in [0.05, 0.1) is 18.8 Å². The fourth-order valence-corrected chi connectivity index (χ4v) is 3.21. The van der Waals surface area contributed by atoms with E-state index < -0.39 is 0 Å². The number of rotatable bonds is 4. The second-order valence-electron chi connectivity index (χ2n) is 6.04. The molecule has 5 heteroatoms. The van der Waals surface area contributed by atoms with E-state index >= 15 is 0 Å². The lowest BCUT2D eigenvalue weighted by Crippen LogP contribution is -2.43. The van der Waals surface area contributed by atoms with E-state index in [-0.39, 0.29) is 12.0 Å². The zero-order chi connectivity index (χ0) is 15.4. The molecule has 22 heavy (non-hydrogen) atoms. The maximum absolute atomic E-state index is 12.6. The van der Waals surface area contributed by atoms with Gasteiger partial charge in [-0.3, -0.25) is 4.79 Å². The Kier molecular flexibility index (Phi) is 4.93. The van der Waals surface area contributed by atoms with Gasteiger partial charge in [-0.15, -0.1) is 0 Å². The van der Waals surface area contributed by atoms with E-state index in [0.717, 1.165) is 38.8 Å². The maximum atomic E-state index is 12.6. The lowest BCUT2D eigenvalue weighted by molar-refractivity contribution is 0.0607. The number of carbonyl (C=O) groups excluding carboxylic acids is 1. The molecule has 2 aliphatic rings. The van der Waals surface area contributed by atoms with Crippen molar-refractivity contribution in [3.05, 3.63) is 23.9 Å². The predicted molar refractivity (Wildman–Crippen MR) is 83.1 cm³/mol. The van der Waals surface area contributed by atoms with E-state index in [9.17, 15) is 4.79 Å². The molecule has 0 aliphatic carbocycles. The highest BCUT2D eigenvalue weighted by Crippen LogP contribution is 2.22. The number of aromatic nitrogens is 1. The summed E-state index contributed by atoms with van der Waals surface area (Å²) in [5.74, 6) is 0.660. The van der Waals surface area contributed by atoms with Crippen LogP contribution in [0, 0.1) is 0 Å². The summed E-state index contributed by atoms with van der Waals surface area (Å²) in [6.07, 6.45) is 7.06.